The van der Waals surface area contributed by atoms with Crippen molar-refractivity contribution in [2.24, 2.45) is 0 Å². The number of para-hydroxylation sites is 3. The minimum Gasteiger partial charge on any atom is -0.365 e. The first kappa shape index (κ1) is 18.0. The summed E-state index contributed by atoms with van der Waals surface area (Å²) >= 11 is 0. The van der Waals surface area contributed by atoms with Gasteiger partial charge < -0.3 is 20.5 Å². The zero-order chi connectivity index (χ0) is 19.8. The lowest BCUT2D eigenvalue weighted by atomic mass is 10.0. The van der Waals surface area contributed by atoms with Gasteiger partial charge in [0.15, 0.2) is 0 Å². The van der Waals surface area contributed by atoms with Gasteiger partial charge in [-0.3, -0.25) is 9.36 Å². The molecule has 0 bridgehead atoms. The van der Waals surface area contributed by atoms with Gasteiger partial charge in [0.2, 0.25) is 0 Å². The Bertz CT molecular complexity index is 1090. The number of amides is 1. The predicted octanol–water partition coefficient (Wildman–Crippen LogP) is 2.54. The molecule has 2 aliphatic heterocycles. The minimum atomic E-state index is -0.0497. The van der Waals surface area contributed by atoms with Gasteiger partial charge in [-0.1, -0.05) is 24.3 Å². The number of nitrogens with one attached hydrogen (secondary N) is 3. The van der Waals surface area contributed by atoms with Gasteiger partial charge in [-0.15, -0.1) is 0 Å². The third-order valence-corrected chi connectivity index (χ3v) is 6.09. The van der Waals surface area contributed by atoms with E-state index in [9.17, 15) is 9.59 Å². The highest BCUT2D eigenvalue weighted by atomic mass is 16.2. The van der Waals surface area contributed by atoms with Crippen molar-refractivity contribution in [3.63, 3.8) is 0 Å². The van der Waals surface area contributed by atoms with Crippen LogP contribution in [0.3, 0.4) is 0 Å². The van der Waals surface area contributed by atoms with Gasteiger partial charge in [0.1, 0.15) is 6.17 Å². The van der Waals surface area contributed by atoms with Crippen LogP contribution in [0.5, 0.6) is 0 Å². The van der Waals surface area contributed by atoms with Crippen LogP contribution in [0.2, 0.25) is 0 Å². The molecule has 1 aromatic heterocycles. The molecule has 7 heteroatoms. The summed E-state index contributed by atoms with van der Waals surface area (Å²) in [7, 11) is 0. The number of aromatic amines is 1. The van der Waals surface area contributed by atoms with E-state index in [2.05, 4.69) is 20.5 Å². The quantitative estimate of drug-likeness (QED) is 0.638. The van der Waals surface area contributed by atoms with Crippen molar-refractivity contribution in [1.29, 1.82) is 0 Å². The Morgan fingerprint density at radius 1 is 0.931 bits per heavy atom. The molecule has 1 atom stereocenters. The van der Waals surface area contributed by atoms with E-state index in [4.69, 9.17) is 0 Å². The Kier molecular flexibility index (Phi) is 4.60. The van der Waals surface area contributed by atoms with Crippen LogP contribution in [-0.4, -0.2) is 46.2 Å². The lowest BCUT2D eigenvalue weighted by molar-refractivity contribution is 0.0929. The van der Waals surface area contributed by atoms with Gasteiger partial charge in [-0.2, -0.15) is 0 Å². The van der Waals surface area contributed by atoms with E-state index in [0.717, 1.165) is 55.6 Å². The highest BCUT2D eigenvalue weighted by Crippen LogP contribution is 2.25. The molecular formula is C22H25N5O2. The van der Waals surface area contributed by atoms with Gasteiger partial charge in [0, 0.05) is 31.4 Å². The molecule has 29 heavy (non-hydrogen) atoms. The van der Waals surface area contributed by atoms with Gasteiger partial charge in [0.05, 0.1) is 16.6 Å². The molecule has 2 aromatic carbocycles. The Hall–Kier alpha value is -3.06. The van der Waals surface area contributed by atoms with Crippen molar-refractivity contribution in [2.45, 2.75) is 31.5 Å². The molecule has 1 saturated heterocycles. The molecule has 3 N–H and O–H groups in total. The second kappa shape index (κ2) is 7.40. The summed E-state index contributed by atoms with van der Waals surface area (Å²) in [5.41, 5.74) is 3.48. The zero-order valence-electron chi connectivity index (χ0n) is 16.2. The van der Waals surface area contributed by atoms with E-state index in [0.29, 0.717) is 5.56 Å². The van der Waals surface area contributed by atoms with Crippen molar-refractivity contribution in [3.05, 3.63) is 64.6 Å². The number of nitrogens with zero attached hydrogens (tertiary/aromatic N) is 2. The molecule has 7 nitrogen and oxygen atoms in total. The normalized spacial score (nSPS) is 20.3. The molecule has 150 valence electrons. The number of aromatic nitrogens is 2. The van der Waals surface area contributed by atoms with Crippen molar-refractivity contribution < 1.29 is 4.79 Å². The van der Waals surface area contributed by atoms with E-state index in [1.165, 1.54) is 0 Å². The number of benzene rings is 2. The maximum Gasteiger partial charge on any atom is 0.326 e. The maximum atomic E-state index is 12.4. The number of anilines is 1. The van der Waals surface area contributed by atoms with Crippen LogP contribution in [-0.2, 0) is 0 Å². The smallest absolute Gasteiger partial charge is 0.326 e. The summed E-state index contributed by atoms with van der Waals surface area (Å²) < 4.78 is 1.92. The number of hydrogen-bond acceptors (Lipinski definition) is 4. The molecule has 0 spiro atoms. The molecule has 0 aliphatic carbocycles. The number of rotatable bonds is 4. The molecule has 0 saturated carbocycles. The summed E-state index contributed by atoms with van der Waals surface area (Å²) in [6, 6.07) is 15.7. The first-order valence-electron chi connectivity index (χ1n) is 10.3. The molecule has 5 rings (SSSR count). The van der Waals surface area contributed by atoms with Gasteiger partial charge in [-0.25, -0.2) is 4.79 Å². The SMILES string of the molecule is O=C1NC(CCN2CCC(n3c(=O)[nH]c4ccccc43)CC2)Nc2ccccc21. The van der Waals surface area contributed by atoms with Crippen LogP contribution >= 0.6 is 0 Å². The largest absolute Gasteiger partial charge is 0.365 e. The molecule has 3 aromatic rings. The highest BCUT2D eigenvalue weighted by molar-refractivity contribution is 6.01. The van der Waals surface area contributed by atoms with Gasteiger partial charge in [0.25, 0.3) is 5.91 Å². The lowest BCUT2D eigenvalue weighted by Gasteiger charge is -2.34. The van der Waals surface area contributed by atoms with Crippen LogP contribution in [0.4, 0.5) is 5.69 Å². The van der Waals surface area contributed by atoms with Crippen LogP contribution in [0.25, 0.3) is 11.0 Å². The average Bonchev–Trinajstić information content (AvgIpc) is 3.08. The zero-order valence-corrected chi connectivity index (χ0v) is 16.2. The van der Waals surface area contributed by atoms with Gasteiger partial charge in [-0.05, 0) is 43.5 Å². The van der Waals surface area contributed by atoms with Crippen LogP contribution in [0.15, 0.2) is 53.3 Å². The Morgan fingerprint density at radius 2 is 1.69 bits per heavy atom. The topological polar surface area (TPSA) is 82.2 Å². The first-order chi connectivity index (χ1) is 14.2. The molecule has 1 fully saturated rings. The van der Waals surface area contributed by atoms with Crippen molar-refractivity contribution >= 4 is 22.6 Å². The molecule has 1 unspecified atom stereocenters. The third kappa shape index (κ3) is 3.42. The number of carbonyl (C=O) groups excluding carboxylic acids is 1. The lowest BCUT2D eigenvalue weighted by Crippen LogP contribution is -2.47. The summed E-state index contributed by atoms with van der Waals surface area (Å²) in [4.78, 5) is 30.1. The molecule has 1 amide bonds. The second-order valence-corrected chi connectivity index (χ2v) is 7.89. The standard InChI is InChI=1S/C22H25N5O2/c28-21-16-5-1-2-6-17(16)23-20(25-21)11-14-26-12-9-15(10-13-26)27-19-8-4-3-7-18(19)24-22(27)29/h1-8,15,20,23H,9-14H2,(H,24,29)(H,25,28). The number of imidazole rings is 1. The van der Waals surface area contributed by atoms with Crippen LogP contribution in [0, 0.1) is 0 Å². The average molecular weight is 391 g/mol. The molecule has 0 radical (unpaired) electrons. The number of H-pyrrole nitrogens is 1. The third-order valence-electron chi connectivity index (χ3n) is 6.09. The first-order valence-corrected chi connectivity index (χ1v) is 10.3. The maximum absolute atomic E-state index is 12.4. The van der Waals surface area contributed by atoms with Crippen LogP contribution in [0.1, 0.15) is 35.7 Å². The second-order valence-electron chi connectivity index (χ2n) is 7.89. The number of likely N-dealkylation sites (tertiary alicyclic amines) is 1. The number of carbonyl (C=O) groups is 1. The summed E-state index contributed by atoms with van der Waals surface area (Å²) in [6.07, 6.45) is 2.70. The van der Waals surface area contributed by atoms with E-state index < -0.39 is 0 Å². The summed E-state index contributed by atoms with van der Waals surface area (Å²) in [5, 5.41) is 6.46. The fraction of sp³-hybridized carbons (Fsp3) is 0.364. The fourth-order valence-electron chi connectivity index (χ4n) is 4.56. The van der Waals surface area contributed by atoms with Crippen molar-refractivity contribution in [2.75, 3.05) is 25.0 Å². The predicted molar refractivity (Wildman–Crippen MR) is 113 cm³/mol. The Labute approximate surface area is 168 Å². The van der Waals surface area contributed by atoms with E-state index in [1.54, 1.807) is 0 Å². The Morgan fingerprint density at radius 3 is 2.55 bits per heavy atom. The fourth-order valence-corrected chi connectivity index (χ4v) is 4.56. The van der Waals surface area contributed by atoms with Crippen LogP contribution < -0.4 is 16.3 Å². The highest BCUT2D eigenvalue weighted by Gasteiger charge is 2.26. The molecular weight excluding hydrogens is 366 g/mol. The van der Waals surface area contributed by atoms with Gasteiger partial charge >= 0.3 is 5.69 Å². The van der Waals surface area contributed by atoms with E-state index >= 15 is 0 Å². The monoisotopic (exact) mass is 391 g/mol. The summed E-state index contributed by atoms with van der Waals surface area (Å²) in [5.74, 6) is -0.0123. The number of fused-ring (bicyclic) bond motifs is 2. The van der Waals surface area contributed by atoms with E-state index in [-0.39, 0.29) is 23.8 Å². The number of piperidine rings is 1. The molecule has 3 heterocycles. The number of hydrogen-bond donors (Lipinski definition) is 3. The molecule has 2 aliphatic rings. The summed E-state index contributed by atoms with van der Waals surface area (Å²) in [6.45, 7) is 2.82. The minimum absolute atomic E-state index is 0.0123. The van der Waals surface area contributed by atoms with E-state index in [1.807, 2.05) is 53.1 Å². The van der Waals surface area contributed by atoms with Crippen molar-refractivity contribution in [1.82, 2.24) is 19.8 Å². The Balaban J connectivity index is 1.18. The van der Waals surface area contributed by atoms with Crippen molar-refractivity contribution in [3.8, 4) is 0 Å².